The van der Waals surface area contributed by atoms with Gasteiger partial charge in [-0.05, 0) is 32.0 Å². The summed E-state index contributed by atoms with van der Waals surface area (Å²) in [4.78, 5) is 12.0. The third kappa shape index (κ3) is 2.70. The fourth-order valence-electron chi connectivity index (χ4n) is 1.99. The molecule has 0 aliphatic heterocycles. The first kappa shape index (κ1) is 13.4. The van der Waals surface area contributed by atoms with Gasteiger partial charge < -0.3 is 0 Å². The number of Topliss-reactive ketones (excluding diaryl/α,β-unsaturated/α-hetero) is 1. The third-order valence-corrected chi connectivity index (χ3v) is 2.88. The number of carbonyl (C=O) groups is 1. The number of ketones is 1. The van der Waals surface area contributed by atoms with Crippen molar-refractivity contribution in [3.63, 3.8) is 0 Å². The Morgan fingerprint density at radius 2 is 2.11 bits per heavy atom. The van der Waals surface area contributed by atoms with E-state index in [1.165, 1.54) is 12.1 Å². The second kappa shape index (κ2) is 5.30. The van der Waals surface area contributed by atoms with Crippen molar-refractivity contribution in [2.75, 3.05) is 0 Å². The fourth-order valence-corrected chi connectivity index (χ4v) is 1.99. The minimum atomic E-state index is -1.09. The average Bonchev–Trinajstić information content (AvgIpc) is 2.72. The highest BCUT2D eigenvalue weighted by Gasteiger charge is 2.17. The summed E-state index contributed by atoms with van der Waals surface area (Å²) < 4.78 is 28.3. The Labute approximate surface area is 109 Å². The van der Waals surface area contributed by atoms with Crippen LogP contribution in [0.5, 0.6) is 0 Å². The van der Waals surface area contributed by atoms with Gasteiger partial charge in [0.15, 0.2) is 17.4 Å². The Morgan fingerprint density at radius 1 is 1.37 bits per heavy atom. The zero-order valence-corrected chi connectivity index (χ0v) is 10.8. The lowest BCUT2D eigenvalue weighted by molar-refractivity contribution is 0.0985. The van der Waals surface area contributed by atoms with E-state index in [4.69, 9.17) is 0 Å². The minimum Gasteiger partial charge on any atom is -0.294 e. The zero-order chi connectivity index (χ0) is 14.0. The van der Waals surface area contributed by atoms with Crippen molar-refractivity contribution in [2.45, 2.75) is 26.8 Å². The maximum absolute atomic E-state index is 13.5. The molecule has 0 amide bonds. The molecule has 0 N–H and O–H groups in total. The average molecular weight is 264 g/mol. The van der Waals surface area contributed by atoms with Crippen LogP contribution in [0.15, 0.2) is 24.3 Å². The molecule has 1 heterocycles. The molecular weight excluding hydrogens is 250 g/mol. The second-order valence-electron chi connectivity index (χ2n) is 4.29. The van der Waals surface area contributed by atoms with Gasteiger partial charge in [0.1, 0.15) is 0 Å². The molecule has 0 spiro atoms. The van der Waals surface area contributed by atoms with Crippen molar-refractivity contribution in [1.29, 1.82) is 0 Å². The molecule has 3 nitrogen and oxygen atoms in total. The summed E-state index contributed by atoms with van der Waals surface area (Å²) in [5.74, 6) is -2.55. The van der Waals surface area contributed by atoms with Gasteiger partial charge in [-0.15, -0.1) is 0 Å². The largest absolute Gasteiger partial charge is 0.294 e. The zero-order valence-electron chi connectivity index (χ0n) is 10.8. The number of hydrogen-bond acceptors (Lipinski definition) is 2. The number of aromatic nitrogens is 2. The molecule has 100 valence electrons. The topological polar surface area (TPSA) is 34.9 Å². The van der Waals surface area contributed by atoms with Crippen LogP contribution < -0.4 is 0 Å². The van der Waals surface area contributed by atoms with Gasteiger partial charge in [-0.1, -0.05) is 6.07 Å². The first-order valence-electron chi connectivity index (χ1n) is 6.03. The quantitative estimate of drug-likeness (QED) is 0.796. The van der Waals surface area contributed by atoms with E-state index in [9.17, 15) is 13.6 Å². The monoisotopic (exact) mass is 264 g/mol. The summed E-state index contributed by atoms with van der Waals surface area (Å²) in [7, 11) is 0. The van der Waals surface area contributed by atoms with Crippen molar-refractivity contribution in [2.24, 2.45) is 0 Å². The summed E-state index contributed by atoms with van der Waals surface area (Å²) in [5, 5.41) is 4.21. The number of halogens is 2. The number of carbonyl (C=O) groups excluding carboxylic acids is 1. The third-order valence-electron chi connectivity index (χ3n) is 2.88. The van der Waals surface area contributed by atoms with Crippen LogP contribution in [0.1, 0.15) is 28.7 Å². The Kier molecular flexibility index (Phi) is 3.74. The molecule has 1 aromatic heterocycles. The smallest absolute Gasteiger partial charge is 0.171 e. The van der Waals surface area contributed by atoms with Crippen LogP contribution in [-0.4, -0.2) is 15.6 Å². The Morgan fingerprint density at radius 3 is 2.79 bits per heavy atom. The van der Waals surface area contributed by atoms with Crippen LogP contribution in [0.25, 0.3) is 0 Å². The van der Waals surface area contributed by atoms with Crippen LogP contribution in [0.3, 0.4) is 0 Å². The van der Waals surface area contributed by atoms with Crippen molar-refractivity contribution in [1.82, 2.24) is 9.78 Å². The molecule has 0 saturated carbocycles. The van der Waals surface area contributed by atoms with Gasteiger partial charge in [0.2, 0.25) is 0 Å². The molecule has 19 heavy (non-hydrogen) atoms. The van der Waals surface area contributed by atoms with Gasteiger partial charge in [-0.25, -0.2) is 8.78 Å². The van der Waals surface area contributed by atoms with Gasteiger partial charge >= 0.3 is 0 Å². The molecule has 2 aromatic rings. The Hall–Kier alpha value is -2.04. The highest BCUT2D eigenvalue weighted by Crippen LogP contribution is 2.15. The van der Waals surface area contributed by atoms with Gasteiger partial charge in [-0.3, -0.25) is 9.48 Å². The van der Waals surface area contributed by atoms with E-state index in [1.54, 1.807) is 10.7 Å². The van der Waals surface area contributed by atoms with Crippen molar-refractivity contribution in [3.05, 3.63) is 52.9 Å². The first-order chi connectivity index (χ1) is 9.02. The van der Waals surface area contributed by atoms with E-state index in [-0.39, 0.29) is 12.0 Å². The molecule has 0 atom stereocenters. The predicted octanol–water partition coefficient (Wildman–Crippen LogP) is 2.92. The van der Waals surface area contributed by atoms with Crippen molar-refractivity contribution in [3.8, 4) is 0 Å². The number of rotatable bonds is 4. The number of nitrogens with zero attached hydrogens (tertiary/aromatic N) is 2. The van der Waals surface area contributed by atoms with E-state index in [0.717, 1.165) is 11.8 Å². The highest BCUT2D eigenvalue weighted by atomic mass is 19.2. The lowest BCUT2D eigenvalue weighted by Crippen LogP contribution is -2.11. The Bertz CT molecular complexity index is 620. The standard InChI is InChI=1S/C14H14F2N2O/c1-3-18-10(7-9(2)17-18)8-13(19)11-5-4-6-12(15)14(11)16/h4-7H,3,8H2,1-2H3. The van der Waals surface area contributed by atoms with Gasteiger partial charge in [0, 0.05) is 12.2 Å². The number of hydrogen-bond donors (Lipinski definition) is 0. The SMILES string of the molecule is CCn1nc(C)cc1CC(=O)c1cccc(F)c1F. The summed E-state index contributed by atoms with van der Waals surface area (Å²) in [6.07, 6.45) is 0.00898. The highest BCUT2D eigenvalue weighted by molar-refractivity contribution is 5.97. The van der Waals surface area contributed by atoms with Crippen molar-refractivity contribution >= 4 is 5.78 Å². The van der Waals surface area contributed by atoms with E-state index < -0.39 is 17.4 Å². The Balaban J connectivity index is 2.28. The number of aryl methyl sites for hydroxylation is 2. The van der Waals surface area contributed by atoms with E-state index in [0.29, 0.717) is 12.2 Å². The van der Waals surface area contributed by atoms with Gasteiger partial charge in [0.05, 0.1) is 17.7 Å². The van der Waals surface area contributed by atoms with Crippen LogP contribution in [0, 0.1) is 18.6 Å². The normalized spacial score (nSPS) is 10.7. The molecule has 0 radical (unpaired) electrons. The van der Waals surface area contributed by atoms with Crippen LogP contribution in [-0.2, 0) is 13.0 Å². The van der Waals surface area contributed by atoms with E-state index in [2.05, 4.69) is 5.10 Å². The summed E-state index contributed by atoms with van der Waals surface area (Å²) in [5.41, 5.74) is 1.28. The maximum Gasteiger partial charge on any atom is 0.171 e. The summed E-state index contributed by atoms with van der Waals surface area (Å²) >= 11 is 0. The first-order valence-corrected chi connectivity index (χ1v) is 6.03. The molecule has 0 fully saturated rings. The predicted molar refractivity (Wildman–Crippen MR) is 67.0 cm³/mol. The van der Waals surface area contributed by atoms with Gasteiger partial charge in [-0.2, -0.15) is 5.10 Å². The molecule has 1 aromatic carbocycles. The van der Waals surface area contributed by atoms with Gasteiger partial charge in [0.25, 0.3) is 0 Å². The lowest BCUT2D eigenvalue weighted by Gasteiger charge is -2.05. The maximum atomic E-state index is 13.5. The molecule has 0 saturated heterocycles. The van der Waals surface area contributed by atoms with Crippen LogP contribution in [0.4, 0.5) is 8.78 Å². The second-order valence-corrected chi connectivity index (χ2v) is 4.29. The van der Waals surface area contributed by atoms with Crippen molar-refractivity contribution < 1.29 is 13.6 Å². The molecule has 0 unspecified atom stereocenters. The van der Waals surface area contributed by atoms with E-state index >= 15 is 0 Å². The van der Waals surface area contributed by atoms with E-state index in [1.807, 2.05) is 13.8 Å². The molecule has 0 aliphatic carbocycles. The fraction of sp³-hybridized carbons (Fsp3) is 0.286. The van der Waals surface area contributed by atoms with Crippen LogP contribution in [0.2, 0.25) is 0 Å². The minimum absolute atomic E-state index is 0.00898. The van der Waals surface area contributed by atoms with Crippen LogP contribution >= 0.6 is 0 Å². The summed E-state index contributed by atoms with van der Waals surface area (Å²) in [6, 6.07) is 5.39. The molecular formula is C14H14F2N2O. The molecule has 0 aliphatic rings. The molecule has 2 rings (SSSR count). The number of benzene rings is 1. The summed E-state index contributed by atoms with van der Waals surface area (Å²) in [6.45, 7) is 4.36. The molecule has 0 bridgehead atoms. The lowest BCUT2D eigenvalue weighted by atomic mass is 10.1. The molecule has 5 heteroatoms.